The van der Waals surface area contributed by atoms with Crippen LogP contribution in [-0.4, -0.2) is 9.97 Å². The van der Waals surface area contributed by atoms with Gasteiger partial charge < -0.3 is 0 Å². The van der Waals surface area contributed by atoms with Crippen LogP contribution in [0.15, 0.2) is 36.4 Å². The minimum Gasteiger partial charge on any atom is -0.218 e. The monoisotopic (exact) mass is 215 g/mol. The summed E-state index contributed by atoms with van der Waals surface area (Å²) in [6, 6.07) is 13.1. The molecule has 0 saturated heterocycles. The van der Waals surface area contributed by atoms with E-state index in [0.29, 0.717) is 5.69 Å². The minimum atomic E-state index is 0.0907. The van der Waals surface area contributed by atoms with Crippen LogP contribution in [0.1, 0.15) is 5.69 Å². The van der Waals surface area contributed by atoms with Crippen LogP contribution in [-0.2, 0) is 0 Å². The van der Waals surface area contributed by atoms with Gasteiger partial charge in [-0.05, 0) is 11.6 Å². The Morgan fingerprint density at radius 1 is 1.13 bits per heavy atom. The molecular weight excluding hydrogens is 210 g/mol. The number of benzene rings is 1. The maximum atomic E-state index is 8.73. The highest BCUT2D eigenvalue weighted by Gasteiger charge is 2.03. The molecule has 1 aromatic heterocycles. The van der Waals surface area contributed by atoms with Crippen molar-refractivity contribution in [3.63, 3.8) is 0 Å². The Balaban J connectivity index is 2.55. The molecule has 0 aliphatic rings. The van der Waals surface area contributed by atoms with Gasteiger partial charge in [-0.2, -0.15) is 5.26 Å². The molecule has 1 aromatic carbocycles. The Hall–Kier alpha value is -1.92. The van der Waals surface area contributed by atoms with E-state index in [1.54, 1.807) is 6.07 Å². The third-order valence-corrected chi connectivity index (χ3v) is 2.05. The van der Waals surface area contributed by atoms with Crippen molar-refractivity contribution in [2.45, 2.75) is 0 Å². The Labute approximate surface area is 92.0 Å². The van der Waals surface area contributed by atoms with Crippen molar-refractivity contribution in [3.05, 3.63) is 47.4 Å². The van der Waals surface area contributed by atoms with Crippen molar-refractivity contribution in [1.29, 1.82) is 5.26 Å². The third kappa shape index (κ3) is 2.12. The Kier molecular flexibility index (Phi) is 2.61. The summed E-state index contributed by atoms with van der Waals surface area (Å²) in [6.45, 7) is 0. The summed E-state index contributed by atoms with van der Waals surface area (Å²) in [5, 5.41) is 8.83. The molecule has 0 spiro atoms. The number of hydrogen-bond donors (Lipinski definition) is 0. The summed E-state index contributed by atoms with van der Waals surface area (Å²) in [5.74, 6) is 0. The molecule has 0 saturated carbocycles. The highest BCUT2D eigenvalue weighted by Crippen LogP contribution is 2.18. The zero-order chi connectivity index (χ0) is 10.7. The predicted octanol–water partition coefficient (Wildman–Crippen LogP) is 2.67. The van der Waals surface area contributed by atoms with Gasteiger partial charge in [0, 0.05) is 11.6 Å². The van der Waals surface area contributed by atoms with Gasteiger partial charge in [-0.3, -0.25) is 0 Å². The van der Waals surface area contributed by atoms with Crippen molar-refractivity contribution in [2.75, 3.05) is 0 Å². The second kappa shape index (κ2) is 4.07. The van der Waals surface area contributed by atoms with Gasteiger partial charge in [-0.1, -0.05) is 30.3 Å². The van der Waals surface area contributed by atoms with E-state index in [9.17, 15) is 0 Å². The second-order valence-electron chi connectivity index (χ2n) is 2.89. The summed E-state index contributed by atoms with van der Waals surface area (Å²) >= 11 is 5.71. The van der Waals surface area contributed by atoms with Gasteiger partial charge in [0.05, 0.1) is 5.69 Å². The second-order valence-corrected chi connectivity index (χ2v) is 3.22. The van der Waals surface area contributed by atoms with E-state index < -0.39 is 0 Å². The van der Waals surface area contributed by atoms with E-state index in [4.69, 9.17) is 16.9 Å². The lowest BCUT2D eigenvalue weighted by atomic mass is 10.1. The van der Waals surface area contributed by atoms with Gasteiger partial charge in [0.2, 0.25) is 5.28 Å². The number of nitrogens with zero attached hydrogens (tertiary/aromatic N) is 3. The van der Waals surface area contributed by atoms with Gasteiger partial charge in [-0.25, -0.2) is 9.97 Å². The summed E-state index contributed by atoms with van der Waals surface area (Å²) < 4.78 is 0. The number of aromatic nitrogens is 2. The molecule has 15 heavy (non-hydrogen) atoms. The lowest BCUT2D eigenvalue weighted by Gasteiger charge is -2.00. The molecule has 0 unspecified atom stereocenters. The van der Waals surface area contributed by atoms with Gasteiger partial charge in [0.25, 0.3) is 0 Å². The lowest BCUT2D eigenvalue weighted by molar-refractivity contribution is 1.14. The highest BCUT2D eigenvalue weighted by molar-refractivity contribution is 6.28. The number of nitriles is 1. The first-order valence-corrected chi connectivity index (χ1v) is 4.67. The first kappa shape index (κ1) is 9.63. The Morgan fingerprint density at radius 2 is 1.87 bits per heavy atom. The fraction of sp³-hybridized carbons (Fsp3) is 0. The predicted molar refractivity (Wildman–Crippen MR) is 57.2 cm³/mol. The van der Waals surface area contributed by atoms with Gasteiger partial charge in [-0.15, -0.1) is 0 Å². The Bertz CT molecular complexity index is 517. The van der Waals surface area contributed by atoms with Crippen LogP contribution in [0.4, 0.5) is 0 Å². The standard InChI is InChI=1S/C11H6ClN3/c12-11-14-9(7-13)6-10(15-11)8-4-2-1-3-5-8/h1-6H. The number of hydrogen-bond acceptors (Lipinski definition) is 3. The van der Waals surface area contributed by atoms with Crippen molar-refractivity contribution in [2.24, 2.45) is 0 Å². The quantitative estimate of drug-likeness (QED) is 0.688. The molecule has 2 rings (SSSR count). The average Bonchev–Trinajstić information content (AvgIpc) is 2.29. The molecule has 0 aliphatic heterocycles. The molecule has 1 heterocycles. The largest absolute Gasteiger partial charge is 0.224 e. The van der Waals surface area contributed by atoms with E-state index in [2.05, 4.69) is 9.97 Å². The third-order valence-electron chi connectivity index (χ3n) is 1.88. The number of rotatable bonds is 1. The van der Waals surface area contributed by atoms with Crippen molar-refractivity contribution in [3.8, 4) is 17.3 Å². The van der Waals surface area contributed by atoms with Gasteiger partial charge in [0.1, 0.15) is 11.8 Å². The van der Waals surface area contributed by atoms with Crippen LogP contribution in [0.3, 0.4) is 0 Å². The molecule has 2 aromatic rings. The highest BCUT2D eigenvalue weighted by atomic mass is 35.5. The molecule has 0 N–H and O–H groups in total. The van der Waals surface area contributed by atoms with Gasteiger partial charge >= 0.3 is 0 Å². The maximum Gasteiger partial charge on any atom is 0.224 e. The first-order valence-electron chi connectivity index (χ1n) is 4.30. The van der Waals surface area contributed by atoms with Crippen molar-refractivity contribution < 1.29 is 0 Å². The van der Waals surface area contributed by atoms with Crippen molar-refractivity contribution >= 4 is 11.6 Å². The summed E-state index contributed by atoms with van der Waals surface area (Å²) in [5.41, 5.74) is 1.85. The van der Waals surface area contributed by atoms with Crippen LogP contribution < -0.4 is 0 Å². The van der Waals surface area contributed by atoms with Crippen LogP contribution in [0.5, 0.6) is 0 Å². The zero-order valence-electron chi connectivity index (χ0n) is 7.68. The van der Waals surface area contributed by atoms with Crippen LogP contribution in [0.25, 0.3) is 11.3 Å². The molecule has 0 fully saturated rings. The van der Waals surface area contributed by atoms with E-state index in [0.717, 1.165) is 5.56 Å². The SMILES string of the molecule is N#Cc1cc(-c2ccccc2)nc(Cl)n1. The molecule has 72 valence electrons. The van der Waals surface area contributed by atoms with E-state index in [1.165, 1.54) is 0 Å². The molecule has 4 heteroatoms. The summed E-state index contributed by atoms with van der Waals surface area (Å²) in [4.78, 5) is 7.83. The Morgan fingerprint density at radius 3 is 2.53 bits per heavy atom. The molecule has 0 bridgehead atoms. The minimum absolute atomic E-state index is 0.0907. The smallest absolute Gasteiger partial charge is 0.218 e. The summed E-state index contributed by atoms with van der Waals surface area (Å²) in [7, 11) is 0. The molecule has 0 aliphatic carbocycles. The number of halogens is 1. The van der Waals surface area contributed by atoms with Crippen LogP contribution in [0.2, 0.25) is 5.28 Å². The molecule has 0 radical (unpaired) electrons. The fourth-order valence-corrected chi connectivity index (χ4v) is 1.41. The first-order chi connectivity index (χ1) is 7.29. The molecule has 0 atom stereocenters. The lowest BCUT2D eigenvalue weighted by Crippen LogP contribution is -1.91. The topological polar surface area (TPSA) is 49.6 Å². The molecule has 0 amide bonds. The zero-order valence-corrected chi connectivity index (χ0v) is 8.44. The van der Waals surface area contributed by atoms with E-state index >= 15 is 0 Å². The van der Waals surface area contributed by atoms with Gasteiger partial charge in [0.15, 0.2) is 0 Å². The average molecular weight is 216 g/mol. The summed E-state index contributed by atoms with van der Waals surface area (Å²) in [6.07, 6.45) is 0. The van der Waals surface area contributed by atoms with Crippen LogP contribution >= 0.6 is 11.6 Å². The van der Waals surface area contributed by atoms with E-state index in [1.807, 2.05) is 36.4 Å². The maximum absolute atomic E-state index is 8.73. The molecule has 3 nitrogen and oxygen atoms in total. The van der Waals surface area contributed by atoms with Crippen molar-refractivity contribution in [1.82, 2.24) is 9.97 Å². The fourth-order valence-electron chi connectivity index (χ4n) is 1.23. The van der Waals surface area contributed by atoms with Crippen LogP contribution in [0, 0.1) is 11.3 Å². The molecular formula is C11H6ClN3. The normalized spacial score (nSPS) is 9.60. The van der Waals surface area contributed by atoms with E-state index in [-0.39, 0.29) is 11.0 Å².